The molecule has 86 valence electrons. The van der Waals surface area contributed by atoms with E-state index in [1.54, 1.807) is 6.07 Å². The van der Waals surface area contributed by atoms with Crippen LogP contribution in [0, 0.1) is 5.82 Å². The van der Waals surface area contributed by atoms with Gasteiger partial charge >= 0.3 is 5.97 Å². The average Bonchev–Trinajstić information content (AvgIpc) is 2.32. The number of carbonyl (C=O) groups is 1. The molecule has 0 saturated heterocycles. The Morgan fingerprint density at radius 3 is 2.76 bits per heavy atom. The van der Waals surface area contributed by atoms with Crippen LogP contribution in [-0.4, -0.2) is 16.1 Å². The number of hydrogen-bond donors (Lipinski definition) is 1. The number of carboxylic acid groups (broad SMARTS) is 1. The molecule has 0 aliphatic heterocycles. The number of halogens is 2. The SMILES string of the molecule is O=C(O)c1ncccc1-c1cc(F)ccc1Cl. The molecule has 0 amide bonds. The van der Waals surface area contributed by atoms with Gasteiger partial charge in [0.15, 0.2) is 5.69 Å². The van der Waals surface area contributed by atoms with Crippen LogP contribution >= 0.6 is 11.6 Å². The summed E-state index contributed by atoms with van der Waals surface area (Å²) in [6.07, 6.45) is 1.36. The van der Waals surface area contributed by atoms with E-state index in [1.807, 2.05) is 0 Å². The largest absolute Gasteiger partial charge is 0.476 e. The van der Waals surface area contributed by atoms with E-state index in [0.29, 0.717) is 11.1 Å². The number of carboxylic acids is 1. The van der Waals surface area contributed by atoms with Crippen LogP contribution in [-0.2, 0) is 0 Å². The lowest BCUT2D eigenvalue weighted by Gasteiger charge is -2.07. The van der Waals surface area contributed by atoms with E-state index < -0.39 is 11.8 Å². The fraction of sp³-hybridized carbons (Fsp3) is 0. The van der Waals surface area contributed by atoms with E-state index in [4.69, 9.17) is 16.7 Å². The molecular formula is C12H7ClFNO2. The molecule has 1 aromatic heterocycles. The Labute approximate surface area is 101 Å². The zero-order valence-electron chi connectivity index (χ0n) is 8.52. The smallest absolute Gasteiger partial charge is 0.355 e. The van der Waals surface area contributed by atoms with Crippen molar-refractivity contribution in [3.05, 3.63) is 53.1 Å². The van der Waals surface area contributed by atoms with Crippen molar-refractivity contribution >= 4 is 17.6 Å². The van der Waals surface area contributed by atoms with Crippen LogP contribution in [0.4, 0.5) is 4.39 Å². The van der Waals surface area contributed by atoms with E-state index in [1.165, 1.54) is 30.5 Å². The van der Waals surface area contributed by atoms with Gasteiger partial charge in [-0.25, -0.2) is 14.2 Å². The lowest BCUT2D eigenvalue weighted by molar-refractivity contribution is 0.0691. The molecule has 1 N–H and O–H groups in total. The van der Waals surface area contributed by atoms with E-state index in [2.05, 4.69) is 4.98 Å². The van der Waals surface area contributed by atoms with Crippen LogP contribution in [0.3, 0.4) is 0 Å². The van der Waals surface area contributed by atoms with E-state index in [0.717, 1.165) is 0 Å². The monoisotopic (exact) mass is 251 g/mol. The zero-order chi connectivity index (χ0) is 12.4. The first-order valence-corrected chi connectivity index (χ1v) is 5.11. The molecule has 0 unspecified atom stereocenters. The summed E-state index contributed by atoms with van der Waals surface area (Å²) in [4.78, 5) is 14.7. The van der Waals surface area contributed by atoms with Gasteiger partial charge in [0.2, 0.25) is 0 Å². The molecule has 0 fully saturated rings. The Morgan fingerprint density at radius 1 is 1.29 bits per heavy atom. The maximum Gasteiger partial charge on any atom is 0.355 e. The summed E-state index contributed by atoms with van der Waals surface area (Å²) in [5.74, 6) is -1.66. The Morgan fingerprint density at radius 2 is 2.06 bits per heavy atom. The highest BCUT2D eigenvalue weighted by Crippen LogP contribution is 2.30. The van der Waals surface area contributed by atoms with Gasteiger partial charge in [0.25, 0.3) is 0 Å². The van der Waals surface area contributed by atoms with E-state index >= 15 is 0 Å². The quantitative estimate of drug-likeness (QED) is 0.891. The number of aromatic nitrogens is 1. The number of rotatable bonds is 2. The predicted octanol–water partition coefficient (Wildman–Crippen LogP) is 3.24. The minimum Gasteiger partial charge on any atom is -0.476 e. The molecule has 0 atom stereocenters. The highest BCUT2D eigenvalue weighted by atomic mass is 35.5. The zero-order valence-corrected chi connectivity index (χ0v) is 9.28. The Bertz CT molecular complexity index is 586. The molecule has 0 aliphatic carbocycles. The minimum absolute atomic E-state index is 0.153. The fourth-order valence-corrected chi connectivity index (χ4v) is 1.72. The highest BCUT2D eigenvalue weighted by Gasteiger charge is 2.15. The van der Waals surface area contributed by atoms with Gasteiger partial charge < -0.3 is 5.11 Å². The number of aromatic carboxylic acids is 1. The molecular weight excluding hydrogens is 245 g/mol. The Balaban J connectivity index is 2.68. The molecule has 0 radical (unpaired) electrons. The van der Waals surface area contributed by atoms with Gasteiger partial charge in [-0.1, -0.05) is 17.7 Å². The Hall–Kier alpha value is -1.94. The van der Waals surface area contributed by atoms with Crippen molar-refractivity contribution in [2.45, 2.75) is 0 Å². The van der Waals surface area contributed by atoms with Crippen molar-refractivity contribution < 1.29 is 14.3 Å². The van der Waals surface area contributed by atoms with Gasteiger partial charge in [0, 0.05) is 22.3 Å². The van der Waals surface area contributed by atoms with Crippen LogP contribution in [0.2, 0.25) is 5.02 Å². The first-order chi connectivity index (χ1) is 8.09. The number of benzene rings is 1. The standard InChI is InChI=1S/C12H7ClFNO2/c13-10-4-3-7(14)6-9(10)8-2-1-5-15-11(8)12(16)17/h1-6H,(H,16,17). The normalized spacial score (nSPS) is 10.2. The van der Waals surface area contributed by atoms with Crippen LogP contribution in [0.1, 0.15) is 10.5 Å². The average molecular weight is 252 g/mol. The molecule has 0 bridgehead atoms. The summed E-state index contributed by atoms with van der Waals surface area (Å²) in [7, 11) is 0. The summed E-state index contributed by atoms with van der Waals surface area (Å²) in [6, 6.07) is 6.89. The highest BCUT2D eigenvalue weighted by molar-refractivity contribution is 6.33. The first-order valence-electron chi connectivity index (χ1n) is 4.73. The minimum atomic E-state index is -1.18. The molecule has 0 aliphatic rings. The molecule has 2 aromatic rings. The maximum atomic E-state index is 13.1. The number of pyridine rings is 1. The van der Waals surface area contributed by atoms with Crippen molar-refractivity contribution in [2.24, 2.45) is 0 Å². The van der Waals surface area contributed by atoms with Crippen molar-refractivity contribution in [3.8, 4) is 11.1 Å². The van der Waals surface area contributed by atoms with Crippen molar-refractivity contribution in [1.82, 2.24) is 4.98 Å². The second-order valence-electron chi connectivity index (χ2n) is 3.33. The van der Waals surface area contributed by atoms with Crippen LogP contribution in [0.25, 0.3) is 11.1 Å². The number of hydrogen-bond acceptors (Lipinski definition) is 2. The van der Waals surface area contributed by atoms with Crippen LogP contribution in [0.15, 0.2) is 36.5 Å². The van der Waals surface area contributed by atoms with Gasteiger partial charge in [-0.15, -0.1) is 0 Å². The second kappa shape index (κ2) is 4.51. The summed E-state index contributed by atoms with van der Waals surface area (Å²) in [5, 5.41) is 9.27. The topological polar surface area (TPSA) is 50.2 Å². The third-order valence-electron chi connectivity index (χ3n) is 2.23. The second-order valence-corrected chi connectivity index (χ2v) is 3.74. The summed E-state index contributed by atoms with van der Waals surface area (Å²) < 4.78 is 13.1. The van der Waals surface area contributed by atoms with Gasteiger partial charge in [0.05, 0.1) is 0 Å². The molecule has 3 nitrogen and oxygen atoms in total. The molecule has 17 heavy (non-hydrogen) atoms. The predicted molar refractivity (Wildman–Crippen MR) is 61.6 cm³/mol. The van der Waals surface area contributed by atoms with Gasteiger partial charge in [0.1, 0.15) is 5.82 Å². The molecule has 2 rings (SSSR count). The number of nitrogens with zero attached hydrogens (tertiary/aromatic N) is 1. The van der Waals surface area contributed by atoms with E-state index in [-0.39, 0.29) is 10.7 Å². The molecule has 0 spiro atoms. The molecule has 1 aromatic carbocycles. The summed E-state index contributed by atoms with van der Waals surface area (Å²) >= 11 is 5.92. The van der Waals surface area contributed by atoms with Crippen molar-refractivity contribution in [3.63, 3.8) is 0 Å². The lowest BCUT2D eigenvalue weighted by atomic mass is 10.0. The molecule has 0 saturated carbocycles. The van der Waals surface area contributed by atoms with E-state index in [9.17, 15) is 9.18 Å². The maximum absolute atomic E-state index is 13.1. The summed E-state index contributed by atoms with van der Waals surface area (Å²) in [6.45, 7) is 0. The van der Waals surface area contributed by atoms with Gasteiger partial charge in [-0.2, -0.15) is 0 Å². The van der Waals surface area contributed by atoms with Crippen molar-refractivity contribution in [1.29, 1.82) is 0 Å². The van der Waals surface area contributed by atoms with Crippen molar-refractivity contribution in [2.75, 3.05) is 0 Å². The first kappa shape index (κ1) is 11.5. The Kier molecular flexibility index (Phi) is 3.06. The molecule has 5 heteroatoms. The van der Waals surface area contributed by atoms with Crippen LogP contribution < -0.4 is 0 Å². The fourth-order valence-electron chi connectivity index (χ4n) is 1.50. The van der Waals surface area contributed by atoms with Gasteiger partial charge in [-0.05, 0) is 24.3 Å². The van der Waals surface area contributed by atoms with Gasteiger partial charge in [-0.3, -0.25) is 0 Å². The third-order valence-corrected chi connectivity index (χ3v) is 2.56. The molecule has 1 heterocycles. The van der Waals surface area contributed by atoms with Crippen LogP contribution in [0.5, 0.6) is 0 Å². The third kappa shape index (κ3) is 2.26. The lowest BCUT2D eigenvalue weighted by Crippen LogP contribution is -2.02. The summed E-state index contributed by atoms with van der Waals surface area (Å²) in [5.41, 5.74) is 0.460.